The fraction of sp³-hybridized carbons (Fsp3) is 0.333. The van der Waals surface area contributed by atoms with Gasteiger partial charge in [0.05, 0.1) is 6.61 Å². The molecule has 0 spiro atoms. The Morgan fingerprint density at radius 3 is 3.05 bits per heavy atom. The number of benzene rings is 1. The molecule has 0 radical (unpaired) electrons. The Bertz CT molecular complexity index is 710. The van der Waals surface area contributed by atoms with E-state index in [0.29, 0.717) is 12.4 Å². The number of halogens is 1. The Morgan fingerprint density at radius 1 is 1.40 bits per heavy atom. The maximum Gasteiger partial charge on any atom is 0.254 e. The third-order valence-electron chi connectivity index (χ3n) is 3.55. The molecule has 4 nitrogen and oxygen atoms in total. The fourth-order valence-electron chi connectivity index (χ4n) is 2.49. The molecule has 1 aromatic carbocycles. The summed E-state index contributed by atoms with van der Waals surface area (Å²) in [4.78, 5) is 16.0. The molecule has 0 unspecified atom stereocenters. The number of hydrogen-bond donors (Lipinski definition) is 0. The van der Waals surface area contributed by atoms with Gasteiger partial charge in [-0.05, 0) is 30.5 Å². The first-order valence-corrected chi connectivity index (χ1v) is 7.00. The van der Waals surface area contributed by atoms with Crippen molar-refractivity contribution >= 4 is 11.6 Å². The second-order valence-corrected chi connectivity index (χ2v) is 5.29. The molecule has 0 saturated carbocycles. The van der Waals surface area contributed by atoms with Gasteiger partial charge >= 0.3 is 0 Å². The topological polar surface area (TPSA) is 44.1 Å². The van der Waals surface area contributed by atoms with Crippen molar-refractivity contribution in [2.75, 3.05) is 6.61 Å². The molecule has 0 fully saturated rings. The number of fused-ring (bicyclic) bond motifs is 1. The summed E-state index contributed by atoms with van der Waals surface area (Å²) in [5.74, 6) is 1.63. The minimum Gasteiger partial charge on any atom is -0.493 e. The maximum absolute atomic E-state index is 11.9. The molecule has 1 aliphatic heterocycles. The molecular weight excluding hydrogens is 276 g/mol. The lowest BCUT2D eigenvalue weighted by Gasteiger charge is -2.09. The molecule has 5 heteroatoms. The lowest BCUT2D eigenvalue weighted by molar-refractivity contribution is 0.357. The highest BCUT2D eigenvalue weighted by atomic mass is 35.5. The molecule has 0 N–H and O–H groups in total. The Hall–Kier alpha value is -1.81. The number of ether oxygens (including phenoxy) is 1. The molecular formula is C15H15ClN2O2. The largest absolute Gasteiger partial charge is 0.493 e. The molecule has 20 heavy (non-hydrogen) atoms. The number of nitrogens with zero attached hydrogens (tertiary/aromatic N) is 2. The molecule has 0 amide bonds. The van der Waals surface area contributed by atoms with E-state index < -0.39 is 0 Å². The van der Waals surface area contributed by atoms with Gasteiger partial charge in [-0.3, -0.25) is 9.36 Å². The van der Waals surface area contributed by atoms with Gasteiger partial charge in [0.1, 0.15) is 16.7 Å². The first-order chi connectivity index (χ1) is 9.63. The van der Waals surface area contributed by atoms with E-state index in [1.165, 1.54) is 17.2 Å². The third kappa shape index (κ3) is 2.56. The zero-order valence-corrected chi connectivity index (χ0v) is 12.0. The van der Waals surface area contributed by atoms with Gasteiger partial charge in [-0.1, -0.05) is 23.7 Å². The van der Waals surface area contributed by atoms with E-state index in [2.05, 4.69) is 11.1 Å². The number of hydrogen-bond acceptors (Lipinski definition) is 3. The second kappa shape index (κ2) is 5.29. The van der Waals surface area contributed by atoms with E-state index in [0.717, 1.165) is 25.2 Å². The first kappa shape index (κ1) is 13.2. The Kier molecular flexibility index (Phi) is 3.49. The summed E-state index contributed by atoms with van der Waals surface area (Å²) in [6, 6.07) is 7.57. The summed E-state index contributed by atoms with van der Waals surface area (Å²) in [5.41, 5.74) is 2.35. The summed E-state index contributed by atoms with van der Waals surface area (Å²) in [6.07, 6.45) is 1.75. The van der Waals surface area contributed by atoms with Crippen LogP contribution in [-0.2, 0) is 19.4 Å². The van der Waals surface area contributed by atoms with Crippen LogP contribution in [0.1, 0.15) is 17.0 Å². The van der Waals surface area contributed by atoms with Crippen molar-refractivity contribution in [3.8, 4) is 5.75 Å². The van der Waals surface area contributed by atoms with Crippen LogP contribution in [0.3, 0.4) is 0 Å². The van der Waals surface area contributed by atoms with Crippen molar-refractivity contribution in [2.24, 2.45) is 0 Å². The molecule has 1 aromatic heterocycles. The third-order valence-corrected chi connectivity index (χ3v) is 3.74. The van der Waals surface area contributed by atoms with Crippen LogP contribution in [-0.4, -0.2) is 16.2 Å². The van der Waals surface area contributed by atoms with Gasteiger partial charge in [-0.2, -0.15) is 0 Å². The molecule has 104 valence electrons. The van der Waals surface area contributed by atoms with E-state index in [9.17, 15) is 4.79 Å². The molecule has 2 aromatic rings. The highest BCUT2D eigenvalue weighted by Crippen LogP contribution is 2.26. The van der Waals surface area contributed by atoms with Crippen LogP contribution in [0.2, 0.25) is 5.15 Å². The first-order valence-electron chi connectivity index (χ1n) is 6.62. The van der Waals surface area contributed by atoms with Crippen LogP contribution in [0.4, 0.5) is 0 Å². The van der Waals surface area contributed by atoms with Crippen LogP contribution in [0.5, 0.6) is 5.75 Å². The summed E-state index contributed by atoms with van der Waals surface area (Å²) < 4.78 is 7.14. The predicted octanol–water partition coefficient (Wildman–Crippen LogP) is 2.38. The molecule has 0 bridgehead atoms. The normalized spacial score (nSPS) is 13.1. The van der Waals surface area contributed by atoms with E-state index >= 15 is 0 Å². The fourth-order valence-corrected chi connectivity index (χ4v) is 2.71. The Labute approximate surface area is 122 Å². The van der Waals surface area contributed by atoms with Crippen LogP contribution >= 0.6 is 11.6 Å². The van der Waals surface area contributed by atoms with E-state index in [-0.39, 0.29) is 10.7 Å². The van der Waals surface area contributed by atoms with Gasteiger partial charge in [0.25, 0.3) is 5.56 Å². The van der Waals surface area contributed by atoms with Crippen molar-refractivity contribution in [3.63, 3.8) is 0 Å². The highest BCUT2D eigenvalue weighted by Gasteiger charge is 2.12. The van der Waals surface area contributed by atoms with Gasteiger partial charge in [-0.15, -0.1) is 0 Å². The average Bonchev–Trinajstić information content (AvgIpc) is 2.84. The van der Waals surface area contributed by atoms with Crippen molar-refractivity contribution in [1.82, 2.24) is 9.55 Å². The molecule has 0 saturated heterocycles. The lowest BCUT2D eigenvalue weighted by atomic mass is 10.1. The van der Waals surface area contributed by atoms with Gasteiger partial charge in [0.15, 0.2) is 0 Å². The zero-order chi connectivity index (χ0) is 14.1. The van der Waals surface area contributed by atoms with Crippen LogP contribution in [0, 0.1) is 6.92 Å². The number of aryl methyl sites for hydroxylation is 2. The SMILES string of the molecule is Cc1nc(Cl)cc(=O)n1CCc1ccc2c(c1)CCO2. The van der Waals surface area contributed by atoms with Gasteiger partial charge in [0.2, 0.25) is 0 Å². The summed E-state index contributed by atoms with van der Waals surface area (Å²) in [5, 5.41) is 0.249. The molecule has 2 heterocycles. The van der Waals surface area contributed by atoms with E-state index in [1.807, 2.05) is 12.1 Å². The quantitative estimate of drug-likeness (QED) is 0.815. The monoisotopic (exact) mass is 290 g/mol. The van der Waals surface area contributed by atoms with Crippen molar-refractivity contribution in [2.45, 2.75) is 26.3 Å². The molecule has 0 aliphatic carbocycles. The van der Waals surface area contributed by atoms with Crippen molar-refractivity contribution < 1.29 is 4.74 Å². The Balaban J connectivity index is 1.79. The minimum atomic E-state index is -0.105. The highest BCUT2D eigenvalue weighted by molar-refractivity contribution is 6.29. The lowest BCUT2D eigenvalue weighted by Crippen LogP contribution is -2.23. The minimum absolute atomic E-state index is 0.105. The smallest absolute Gasteiger partial charge is 0.254 e. The van der Waals surface area contributed by atoms with Gasteiger partial charge in [-0.25, -0.2) is 4.98 Å². The van der Waals surface area contributed by atoms with Crippen molar-refractivity contribution in [1.29, 1.82) is 0 Å². The molecule has 1 aliphatic rings. The van der Waals surface area contributed by atoms with Gasteiger partial charge in [0, 0.05) is 19.0 Å². The maximum atomic E-state index is 11.9. The van der Waals surface area contributed by atoms with E-state index in [4.69, 9.17) is 16.3 Å². The zero-order valence-electron chi connectivity index (χ0n) is 11.2. The van der Waals surface area contributed by atoms with Gasteiger partial charge < -0.3 is 4.74 Å². The summed E-state index contributed by atoms with van der Waals surface area (Å²) in [7, 11) is 0. The summed E-state index contributed by atoms with van der Waals surface area (Å²) in [6.45, 7) is 3.16. The molecule has 0 atom stereocenters. The Morgan fingerprint density at radius 2 is 2.25 bits per heavy atom. The molecule has 3 rings (SSSR count). The average molecular weight is 291 g/mol. The predicted molar refractivity (Wildman–Crippen MR) is 77.6 cm³/mol. The van der Waals surface area contributed by atoms with Crippen LogP contribution in [0.25, 0.3) is 0 Å². The van der Waals surface area contributed by atoms with Crippen LogP contribution < -0.4 is 10.3 Å². The van der Waals surface area contributed by atoms with E-state index in [1.54, 1.807) is 11.5 Å². The van der Waals surface area contributed by atoms with Crippen molar-refractivity contribution in [3.05, 3.63) is 56.7 Å². The number of rotatable bonds is 3. The second-order valence-electron chi connectivity index (χ2n) is 4.91. The number of aromatic nitrogens is 2. The standard InChI is InChI=1S/C15H15ClN2O2/c1-10-17-14(16)9-15(19)18(10)6-4-11-2-3-13-12(8-11)5-7-20-13/h2-3,8-9H,4-7H2,1H3. The van der Waals surface area contributed by atoms with Crippen LogP contribution in [0.15, 0.2) is 29.1 Å². The summed E-state index contributed by atoms with van der Waals surface area (Å²) >= 11 is 5.76.